The molecule has 1 atom stereocenters. The number of rotatable bonds is 4. The second-order valence-corrected chi connectivity index (χ2v) is 6.98. The third-order valence-electron chi connectivity index (χ3n) is 3.73. The summed E-state index contributed by atoms with van der Waals surface area (Å²) in [5.41, 5.74) is 0.924. The van der Waals surface area contributed by atoms with Crippen LogP contribution in [0.15, 0.2) is 16.6 Å². The van der Waals surface area contributed by atoms with Crippen LogP contribution in [0.5, 0.6) is 5.75 Å². The summed E-state index contributed by atoms with van der Waals surface area (Å²) < 4.78 is 0.934. The quantitative estimate of drug-likeness (QED) is 0.724. The SMILES string of the molecule is CC(C)C[C@@H](c1c(Br)ccc(Cl)c1O)N1CCNCC1.Cl.Cl. The predicted molar refractivity (Wildman–Crippen MR) is 102 cm³/mol. The molecule has 22 heavy (non-hydrogen) atoms. The van der Waals surface area contributed by atoms with E-state index in [0.29, 0.717) is 10.9 Å². The van der Waals surface area contributed by atoms with Gasteiger partial charge < -0.3 is 10.4 Å². The molecular weight excluding hydrogens is 410 g/mol. The first-order valence-electron chi connectivity index (χ1n) is 7.12. The highest BCUT2D eigenvalue weighted by atomic mass is 79.9. The Labute approximate surface area is 158 Å². The summed E-state index contributed by atoms with van der Waals surface area (Å²) in [5, 5.41) is 14.2. The average molecular weight is 435 g/mol. The Balaban J connectivity index is 0.00000220. The highest BCUT2D eigenvalue weighted by Crippen LogP contribution is 2.42. The van der Waals surface area contributed by atoms with Gasteiger partial charge in [-0.3, -0.25) is 4.90 Å². The van der Waals surface area contributed by atoms with Crippen molar-refractivity contribution in [2.45, 2.75) is 26.3 Å². The number of aromatic hydroxyl groups is 1. The Morgan fingerprint density at radius 1 is 1.27 bits per heavy atom. The minimum Gasteiger partial charge on any atom is -0.506 e. The summed E-state index contributed by atoms with van der Waals surface area (Å²) in [7, 11) is 0. The van der Waals surface area contributed by atoms with Crippen LogP contribution in [0.25, 0.3) is 0 Å². The number of nitrogens with one attached hydrogen (secondary N) is 1. The van der Waals surface area contributed by atoms with Crippen LogP contribution in [0.4, 0.5) is 0 Å². The van der Waals surface area contributed by atoms with Gasteiger partial charge in [0.1, 0.15) is 5.75 Å². The number of piperazine rings is 1. The molecule has 2 N–H and O–H groups in total. The van der Waals surface area contributed by atoms with Gasteiger partial charge in [-0.25, -0.2) is 0 Å². The van der Waals surface area contributed by atoms with E-state index in [0.717, 1.165) is 42.6 Å². The minimum absolute atomic E-state index is 0. The smallest absolute Gasteiger partial charge is 0.140 e. The molecule has 0 aliphatic carbocycles. The fourth-order valence-electron chi connectivity index (χ4n) is 2.76. The van der Waals surface area contributed by atoms with Gasteiger partial charge in [-0.1, -0.05) is 41.4 Å². The number of benzene rings is 1. The maximum absolute atomic E-state index is 10.4. The first kappa shape index (κ1) is 22.3. The van der Waals surface area contributed by atoms with E-state index in [2.05, 4.69) is 40.0 Å². The monoisotopic (exact) mass is 432 g/mol. The van der Waals surface area contributed by atoms with E-state index < -0.39 is 0 Å². The number of phenols is 1. The van der Waals surface area contributed by atoms with Crippen LogP contribution in [-0.4, -0.2) is 36.2 Å². The average Bonchev–Trinajstić information content (AvgIpc) is 2.43. The zero-order valence-electron chi connectivity index (χ0n) is 12.8. The van der Waals surface area contributed by atoms with Crippen LogP contribution in [0.1, 0.15) is 31.9 Å². The van der Waals surface area contributed by atoms with Crippen molar-refractivity contribution >= 4 is 52.3 Å². The van der Waals surface area contributed by atoms with E-state index in [1.54, 1.807) is 6.07 Å². The number of phenolic OH excluding ortho intramolecular Hbond substituents is 1. The maximum Gasteiger partial charge on any atom is 0.140 e. The molecule has 0 radical (unpaired) electrons. The van der Waals surface area contributed by atoms with Crippen molar-refractivity contribution < 1.29 is 5.11 Å². The molecule has 1 heterocycles. The molecule has 128 valence electrons. The molecule has 1 fully saturated rings. The maximum atomic E-state index is 10.4. The van der Waals surface area contributed by atoms with Crippen molar-refractivity contribution in [3.05, 3.63) is 27.2 Å². The van der Waals surface area contributed by atoms with Gasteiger partial charge in [0.15, 0.2) is 0 Å². The third kappa shape index (κ3) is 5.43. The van der Waals surface area contributed by atoms with Crippen LogP contribution < -0.4 is 5.32 Å². The fourth-order valence-corrected chi connectivity index (χ4v) is 3.51. The van der Waals surface area contributed by atoms with E-state index in [4.69, 9.17) is 11.6 Å². The molecule has 2 rings (SSSR count). The van der Waals surface area contributed by atoms with Crippen LogP contribution in [-0.2, 0) is 0 Å². The summed E-state index contributed by atoms with van der Waals surface area (Å²) >= 11 is 9.68. The number of hydrogen-bond donors (Lipinski definition) is 2. The van der Waals surface area contributed by atoms with Gasteiger partial charge in [0.2, 0.25) is 0 Å². The van der Waals surface area contributed by atoms with E-state index in [1.807, 2.05) is 6.07 Å². The highest BCUT2D eigenvalue weighted by Gasteiger charge is 2.27. The molecule has 0 saturated carbocycles. The Kier molecular flexibility index (Phi) is 10.4. The van der Waals surface area contributed by atoms with Gasteiger partial charge in [0.05, 0.1) is 5.02 Å². The molecule has 1 aliphatic rings. The molecule has 0 unspecified atom stereocenters. The first-order valence-corrected chi connectivity index (χ1v) is 8.29. The Bertz CT molecular complexity index is 468. The van der Waals surface area contributed by atoms with Gasteiger partial charge >= 0.3 is 0 Å². The molecule has 0 spiro atoms. The lowest BCUT2D eigenvalue weighted by atomic mass is 9.94. The summed E-state index contributed by atoms with van der Waals surface area (Å²) in [5.74, 6) is 0.769. The Hall–Kier alpha value is 0.290. The van der Waals surface area contributed by atoms with Crippen molar-refractivity contribution in [1.82, 2.24) is 10.2 Å². The molecule has 0 bridgehead atoms. The van der Waals surface area contributed by atoms with Gasteiger partial charge in [0, 0.05) is 42.3 Å². The zero-order valence-corrected chi connectivity index (χ0v) is 16.8. The topological polar surface area (TPSA) is 35.5 Å². The molecule has 1 aliphatic heterocycles. The van der Waals surface area contributed by atoms with E-state index in [9.17, 15) is 5.11 Å². The van der Waals surface area contributed by atoms with Gasteiger partial charge in [-0.15, -0.1) is 24.8 Å². The van der Waals surface area contributed by atoms with Crippen molar-refractivity contribution in [1.29, 1.82) is 0 Å². The standard InChI is InChI=1S/C15H22BrClN2O.2ClH/c1-10(2)9-13(19-7-5-18-6-8-19)14-11(16)3-4-12(17)15(14)20;;/h3-4,10,13,18,20H,5-9H2,1-2H3;2*1H/t13-;;/m0../s1. The fraction of sp³-hybridized carbons (Fsp3) is 0.600. The lowest BCUT2D eigenvalue weighted by Crippen LogP contribution is -2.45. The van der Waals surface area contributed by atoms with E-state index >= 15 is 0 Å². The minimum atomic E-state index is 0. The van der Waals surface area contributed by atoms with Crippen LogP contribution in [0.2, 0.25) is 5.02 Å². The van der Waals surface area contributed by atoms with Crippen molar-refractivity contribution in [2.75, 3.05) is 26.2 Å². The lowest BCUT2D eigenvalue weighted by Gasteiger charge is -2.37. The molecule has 1 aromatic carbocycles. The molecular formula is C15H24BrCl3N2O. The molecule has 1 aromatic rings. The second kappa shape index (κ2) is 10.2. The van der Waals surface area contributed by atoms with Crippen LogP contribution in [0.3, 0.4) is 0 Å². The Morgan fingerprint density at radius 2 is 1.86 bits per heavy atom. The highest BCUT2D eigenvalue weighted by molar-refractivity contribution is 9.10. The van der Waals surface area contributed by atoms with Gasteiger partial charge in [-0.05, 0) is 24.5 Å². The third-order valence-corrected chi connectivity index (χ3v) is 4.73. The van der Waals surface area contributed by atoms with E-state index in [1.165, 1.54) is 0 Å². The summed E-state index contributed by atoms with van der Waals surface area (Å²) in [6.45, 7) is 8.40. The number of halogens is 4. The van der Waals surface area contributed by atoms with Crippen LogP contribution in [0, 0.1) is 5.92 Å². The first-order chi connectivity index (χ1) is 9.50. The van der Waals surface area contributed by atoms with Gasteiger partial charge in [0.25, 0.3) is 0 Å². The second-order valence-electron chi connectivity index (χ2n) is 5.72. The summed E-state index contributed by atoms with van der Waals surface area (Å²) in [4.78, 5) is 2.44. The lowest BCUT2D eigenvalue weighted by molar-refractivity contribution is 0.151. The van der Waals surface area contributed by atoms with Crippen LogP contribution >= 0.6 is 52.3 Å². The van der Waals surface area contributed by atoms with Crippen molar-refractivity contribution in [2.24, 2.45) is 5.92 Å². The summed E-state index contributed by atoms with van der Waals surface area (Å²) in [6, 6.07) is 3.85. The number of nitrogens with zero attached hydrogens (tertiary/aromatic N) is 1. The van der Waals surface area contributed by atoms with Crippen molar-refractivity contribution in [3.63, 3.8) is 0 Å². The summed E-state index contributed by atoms with van der Waals surface area (Å²) in [6.07, 6.45) is 1.01. The number of hydrogen-bond acceptors (Lipinski definition) is 3. The van der Waals surface area contributed by atoms with E-state index in [-0.39, 0.29) is 36.6 Å². The normalized spacial score (nSPS) is 16.8. The van der Waals surface area contributed by atoms with Gasteiger partial charge in [-0.2, -0.15) is 0 Å². The Morgan fingerprint density at radius 3 is 2.41 bits per heavy atom. The molecule has 1 saturated heterocycles. The molecule has 0 aromatic heterocycles. The molecule has 3 nitrogen and oxygen atoms in total. The zero-order chi connectivity index (χ0) is 14.7. The largest absolute Gasteiger partial charge is 0.506 e. The predicted octanol–water partition coefficient (Wildman–Crippen LogP) is 4.64. The van der Waals surface area contributed by atoms with Crippen molar-refractivity contribution in [3.8, 4) is 5.75 Å². The molecule has 0 amide bonds. The molecule has 7 heteroatoms.